The normalized spacial score (nSPS) is 11.9. The molecular formula is C18H16N2O4. The molecule has 24 heavy (non-hydrogen) atoms. The minimum absolute atomic E-state index is 0.0866. The van der Waals surface area contributed by atoms with E-state index in [-0.39, 0.29) is 11.4 Å². The van der Waals surface area contributed by atoms with E-state index in [2.05, 4.69) is 5.32 Å². The summed E-state index contributed by atoms with van der Waals surface area (Å²) in [6.45, 7) is 1.62. The highest BCUT2D eigenvalue weighted by atomic mass is 16.5. The number of carbonyl (C=O) groups is 2. The Kier molecular flexibility index (Phi) is 4.20. The average molecular weight is 324 g/mol. The Morgan fingerprint density at radius 2 is 1.75 bits per heavy atom. The fourth-order valence-corrected chi connectivity index (χ4v) is 2.32. The lowest BCUT2D eigenvalue weighted by molar-refractivity contribution is -0.122. The number of nitrogens with two attached hydrogens (primary N) is 1. The van der Waals surface area contributed by atoms with E-state index in [0.29, 0.717) is 16.7 Å². The number of hydrogen-bond donors (Lipinski definition) is 2. The van der Waals surface area contributed by atoms with Crippen LogP contribution < -0.4 is 15.8 Å². The predicted molar refractivity (Wildman–Crippen MR) is 89.9 cm³/mol. The number of primary amides is 1. The van der Waals surface area contributed by atoms with Crippen LogP contribution in [0.5, 0.6) is 5.75 Å². The van der Waals surface area contributed by atoms with Crippen LogP contribution >= 0.6 is 0 Å². The van der Waals surface area contributed by atoms with Gasteiger partial charge in [-0.05, 0) is 31.2 Å². The summed E-state index contributed by atoms with van der Waals surface area (Å²) >= 11 is 0. The molecule has 0 aliphatic heterocycles. The first-order valence-electron chi connectivity index (χ1n) is 7.40. The maximum Gasteiger partial charge on any atom is 0.286 e. The van der Waals surface area contributed by atoms with Gasteiger partial charge in [0.2, 0.25) is 5.76 Å². The van der Waals surface area contributed by atoms with E-state index < -0.39 is 17.9 Å². The zero-order chi connectivity index (χ0) is 17.1. The van der Waals surface area contributed by atoms with Crippen LogP contribution in [-0.2, 0) is 4.79 Å². The number of fused-ring (bicyclic) bond motifs is 1. The molecule has 3 rings (SSSR count). The van der Waals surface area contributed by atoms with Crippen molar-refractivity contribution in [2.75, 3.05) is 5.32 Å². The molecule has 6 heteroatoms. The van der Waals surface area contributed by atoms with Gasteiger partial charge in [0.15, 0.2) is 6.10 Å². The molecule has 0 unspecified atom stereocenters. The van der Waals surface area contributed by atoms with E-state index in [1.807, 2.05) is 18.2 Å². The third kappa shape index (κ3) is 3.08. The van der Waals surface area contributed by atoms with E-state index in [9.17, 15) is 9.59 Å². The lowest BCUT2D eigenvalue weighted by Crippen LogP contribution is -2.30. The van der Waals surface area contributed by atoms with Crippen molar-refractivity contribution in [1.82, 2.24) is 0 Å². The molecule has 0 fully saturated rings. The molecular weight excluding hydrogens is 308 g/mol. The predicted octanol–water partition coefficient (Wildman–Crippen LogP) is 2.94. The molecule has 6 nitrogen and oxygen atoms in total. The van der Waals surface area contributed by atoms with Gasteiger partial charge < -0.3 is 20.2 Å². The van der Waals surface area contributed by atoms with Crippen LogP contribution in [0.25, 0.3) is 11.0 Å². The van der Waals surface area contributed by atoms with Crippen LogP contribution in [0.1, 0.15) is 17.5 Å². The summed E-state index contributed by atoms with van der Waals surface area (Å²) in [5.41, 5.74) is 6.07. The highest BCUT2D eigenvalue weighted by molar-refractivity contribution is 6.11. The molecule has 0 aliphatic rings. The Morgan fingerprint density at radius 3 is 2.46 bits per heavy atom. The summed E-state index contributed by atoms with van der Waals surface area (Å²) in [5.74, 6) is -0.671. The first-order valence-corrected chi connectivity index (χ1v) is 7.40. The Bertz CT molecular complexity index is 886. The van der Waals surface area contributed by atoms with Gasteiger partial charge in [0.25, 0.3) is 11.8 Å². The van der Waals surface area contributed by atoms with Crippen LogP contribution in [0.2, 0.25) is 0 Å². The largest absolute Gasteiger partial charge is 0.481 e. The Morgan fingerprint density at radius 1 is 1.08 bits per heavy atom. The average Bonchev–Trinajstić information content (AvgIpc) is 2.95. The highest BCUT2D eigenvalue weighted by Crippen LogP contribution is 2.30. The van der Waals surface area contributed by atoms with Gasteiger partial charge in [-0.15, -0.1) is 0 Å². The summed E-state index contributed by atoms with van der Waals surface area (Å²) in [6, 6.07) is 16.0. The maximum absolute atomic E-state index is 12.4. The summed E-state index contributed by atoms with van der Waals surface area (Å²) in [7, 11) is 0. The van der Waals surface area contributed by atoms with Gasteiger partial charge in [-0.25, -0.2) is 0 Å². The van der Waals surface area contributed by atoms with Crippen molar-refractivity contribution in [1.29, 1.82) is 0 Å². The van der Waals surface area contributed by atoms with Crippen molar-refractivity contribution < 1.29 is 18.7 Å². The number of nitrogens with one attached hydrogen (secondary N) is 1. The lowest BCUT2D eigenvalue weighted by Gasteiger charge is -2.14. The number of benzene rings is 2. The number of anilines is 1. The molecule has 1 aromatic heterocycles. The van der Waals surface area contributed by atoms with Crippen molar-refractivity contribution in [3.63, 3.8) is 0 Å². The van der Waals surface area contributed by atoms with E-state index in [0.717, 1.165) is 0 Å². The van der Waals surface area contributed by atoms with Gasteiger partial charge in [-0.3, -0.25) is 9.59 Å². The molecule has 0 saturated carbocycles. The molecule has 1 heterocycles. The SMILES string of the molecule is C[C@@H](Oc1ccccc1)C(=O)Nc1c(C(N)=O)oc2ccccc12. The van der Waals surface area contributed by atoms with Crippen LogP contribution in [0.4, 0.5) is 5.69 Å². The Balaban J connectivity index is 1.85. The quantitative estimate of drug-likeness (QED) is 0.754. The van der Waals surface area contributed by atoms with Crippen LogP contribution in [-0.4, -0.2) is 17.9 Å². The smallest absolute Gasteiger partial charge is 0.286 e. The fourth-order valence-electron chi connectivity index (χ4n) is 2.32. The maximum atomic E-state index is 12.4. The summed E-state index contributed by atoms with van der Waals surface area (Å²) in [6.07, 6.45) is -0.762. The number of hydrogen-bond acceptors (Lipinski definition) is 4. The summed E-state index contributed by atoms with van der Waals surface area (Å²) < 4.78 is 11.0. The van der Waals surface area contributed by atoms with E-state index in [4.69, 9.17) is 14.9 Å². The number of carbonyl (C=O) groups excluding carboxylic acids is 2. The van der Waals surface area contributed by atoms with Gasteiger partial charge in [0.05, 0.1) is 0 Å². The van der Waals surface area contributed by atoms with Crippen LogP contribution in [0, 0.1) is 0 Å². The zero-order valence-electron chi connectivity index (χ0n) is 13.0. The number of amides is 2. The molecule has 2 amide bonds. The van der Waals surface area contributed by atoms with E-state index in [1.54, 1.807) is 43.3 Å². The van der Waals surface area contributed by atoms with Crippen LogP contribution in [0.15, 0.2) is 59.0 Å². The molecule has 122 valence electrons. The molecule has 0 spiro atoms. The molecule has 1 atom stereocenters. The topological polar surface area (TPSA) is 94.6 Å². The minimum atomic E-state index is -0.762. The monoisotopic (exact) mass is 324 g/mol. The lowest BCUT2D eigenvalue weighted by atomic mass is 10.2. The highest BCUT2D eigenvalue weighted by Gasteiger charge is 2.23. The van der Waals surface area contributed by atoms with Gasteiger partial charge >= 0.3 is 0 Å². The van der Waals surface area contributed by atoms with Crippen LogP contribution in [0.3, 0.4) is 0 Å². The second kappa shape index (κ2) is 6.45. The Labute approximate surface area is 138 Å². The molecule has 3 aromatic rings. The van der Waals surface area contributed by atoms with Crippen molar-refractivity contribution >= 4 is 28.5 Å². The van der Waals surface area contributed by atoms with E-state index >= 15 is 0 Å². The number of para-hydroxylation sites is 2. The van der Waals surface area contributed by atoms with Crippen molar-refractivity contribution in [3.05, 3.63) is 60.4 Å². The van der Waals surface area contributed by atoms with Crippen molar-refractivity contribution in [2.45, 2.75) is 13.0 Å². The molecule has 3 N–H and O–H groups in total. The minimum Gasteiger partial charge on any atom is -0.481 e. The molecule has 0 bridgehead atoms. The van der Waals surface area contributed by atoms with E-state index in [1.165, 1.54) is 0 Å². The first kappa shape index (κ1) is 15.6. The second-order valence-electron chi connectivity index (χ2n) is 5.23. The third-order valence-corrected chi connectivity index (χ3v) is 3.49. The van der Waals surface area contributed by atoms with Crippen molar-refractivity contribution in [2.24, 2.45) is 5.73 Å². The first-order chi connectivity index (χ1) is 11.6. The summed E-state index contributed by atoms with van der Waals surface area (Å²) in [5, 5.41) is 3.28. The molecule has 2 aromatic carbocycles. The zero-order valence-corrected chi connectivity index (χ0v) is 13.0. The number of ether oxygens (including phenoxy) is 1. The fraction of sp³-hybridized carbons (Fsp3) is 0.111. The van der Waals surface area contributed by atoms with Gasteiger partial charge in [-0.1, -0.05) is 30.3 Å². The Hall–Kier alpha value is -3.28. The molecule has 0 aliphatic carbocycles. The standard InChI is InChI=1S/C18H16N2O4/c1-11(23-12-7-3-2-4-8-12)18(22)20-15-13-9-5-6-10-14(13)24-16(15)17(19)21/h2-11H,1H3,(H2,19,21)(H,20,22)/t11-/m1/s1. The second-order valence-corrected chi connectivity index (χ2v) is 5.23. The number of furan rings is 1. The molecule has 0 radical (unpaired) electrons. The summed E-state index contributed by atoms with van der Waals surface area (Å²) in [4.78, 5) is 24.0. The van der Waals surface area contributed by atoms with Gasteiger partial charge in [0, 0.05) is 5.39 Å². The van der Waals surface area contributed by atoms with Crippen molar-refractivity contribution in [3.8, 4) is 5.75 Å². The van der Waals surface area contributed by atoms with Gasteiger partial charge in [-0.2, -0.15) is 0 Å². The molecule has 0 saturated heterocycles. The third-order valence-electron chi connectivity index (χ3n) is 3.49. The number of rotatable bonds is 5. The van der Waals surface area contributed by atoms with Gasteiger partial charge in [0.1, 0.15) is 17.0 Å².